The van der Waals surface area contributed by atoms with Gasteiger partial charge in [-0.1, -0.05) is 42.7 Å². The van der Waals surface area contributed by atoms with Crippen LogP contribution in [0.15, 0.2) is 36.9 Å². The molecule has 0 bridgehead atoms. The van der Waals surface area contributed by atoms with Crippen LogP contribution < -0.4 is 10.1 Å². The molecule has 1 aromatic carbocycles. The molecule has 3 fully saturated rings. The third-order valence-corrected chi connectivity index (χ3v) is 8.61. The van der Waals surface area contributed by atoms with Gasteiger partial charge in [-0.3, -0.25) is 4.79 Å². The van der Waals surface area contributed by atoms with Crippen molar-refractivity contribution in [2.24, 2.45) is 5.92 Å². The average Bonchev–Trinajstić information content (AvgIpc) is 3.76. The summed E-state index contributed by atoms with van der Waals surface area (Å²) in [5.74, 6) is -1.50. The molecule has 5 rings (SSSR count). The van der Waals surface area contributed by atoms with Crippen LogP contribution in [0.4, 0.5) is 4.79 Å². The molecule has 2 N–H and O–H groups in total. The Morgan fingerprint density at radius 1 is 1.12 bits per heavy atom. The van der Waals surface area contributed by atoms with Gasteiger partial charge in [-0.05, 0) is 50.2 Å². The average molecular weight is 600 g/mol. The van der Waals surface area contributed by atoms with E-state index in [1.807, 2.05) is 18.2 Å². The lowest BCUT2D eigenvalue weighted by Crippen LogP contribution is -2.56. The smallest absolute Gasteiger partial charge is 0.326 e. The van der Waals surface area contributed by atoms with Crippen molar-refractivity contribution in [2.75, 3.05) is 26.2 Å². The second-order valence-electron chi connectivity index (χ2n) is 11.3. The molecule has 12 heteroatoms. The maximum atomic E-state index is 14.0. The van der Waals surface area contributed by atoms with E-state index in [9.17, 15) is 19.5 Å². The van der Waals surface area contributed by atoms with E-state index in [4.69, 9.17) is 21.1 Å². The van der Waals surface area contributed by atoms with E-state index in [0.717, 1.165) is 44.9 Å². The summed E-state index contributed by atoms with van der Waals surface area (Å²) in [6.45, 7) is 5.35. The molecular weight excluding hydrogens is 562 g/mol. The molecule has 3 aliphatic rings. The van der Waals surface area contributed by atoms with Crippen LogP contribution in [0.1, 0.15) is 51.4 Å². The summed E-state index contributed by atoms with van der Waals surface area (Å²) in [4.78, 5) is 51.4. The highest BCUT2D eigenvalue weighted by atomic mass is 35.5. The number of hydrogen-bond acceptors (Lipinski definition) is 7. The lowest BCUT2D eigenvalue weighted by molar-refractivity contribution is -0.149. The highest BCUT2D eigenvalue weighted by Crippen LogP contribution is 2.32. The molecule has 1 aliphatic carbocycles. The number of benzene rings is 1. The van der Waals surface area contributed by atoms with E-state index in [1.54, 1.807) is 17.0 Å². The van der Waals surface area contributed by atoms with Gasteiger partial charge in [0.05, 0.1) is 23.7 Å². The number of hydrogen-bond donors (Lipinski definition) is 2. The number of para-hydroxylation sites is 2. The third kappa shape index (κ3) is 6.95. The zero-order valence-electron chi connectivity index (χ0n) is 23.6. The third-order valence-electron chi connectivity index (χ3n) is 8.36. The normalized spacial score (nSPS) is 23.3. The molecular formula is C30H38ClN5O6. The first kappa shape index (κ1) is 30.0. The van der Waals surface area contributed by atoms with Gasteiger partial charge in [-0.2, -0.15) is 0 Å². The number of allylic oxidation sites excluding steroid dienone is 1. The van der Waals surface area contributed by atoms with Crippen molar-refractivity contribution in [3.8, 4) is 5.88 Å². The van der Waals surface area contributed by atoms with Gasteiger partial charge < -0.3 is 29.7 Å². The fourth-order valence-electron chi connectivity index (χ4n) is 6.16. The summed E-state index contributed by atoms with van der Waals surface area (Å²) >= 11 is 6.33. The Labute approximate surface area is 250 Å². The van der Waals surface area contributed by atoms with Crippen molar-refractivity contribution in [1.82, 2.24) is 25.1 Å². The fraction of sp³-hybridized carbons (Fsp3) is 0.567. The van der Waals surface area contributed by atoms with Crippen LogP contribution >= 0.6 is 11.6 Å². The zero-order valence-corrected chi connectivity index (χ0v) is 24.4. The van der Waals surface area contributed by atoms with Gasteiger partial charge >= 0.3 is 12.0 Å². The number of nitrogens with zero attached hydrogens (tertiary/aromatic N) is 4. The van der Waals surface area contributed by atoms with Crippen LogP contribution in [-0.2, 0) is 14.3 Å². The molecule has 42 heavy (non-hydrogen) atoms. The van der Waals surface area contributed by atoms with Gasteiger partial charge in [-0.25, -0.2) is 19.6 Å². The van der Waals surface area contributed by atoms with Crippen molar-refractivity contribution < 1.29 is 29.0 Å². The van der Waals surface area contributed by atoms with Gasteiger partial charge in [0.15, 0.2) is 5.15 Å². The minimum Gasteiger partial charge on any atom is -0.480 e. The predicted molar refractivity (Wildman–Crippen MR) is 156 cm³/mol. The topological polar surface area (TPSA) is 134 Å². The highest BCUT2D eigenvalue weighted by Gasteiger charge is 2.46. The van der Waals surface area contributed by atoms with E-state index in [0.29, 0.717) is 30.7 Å². The van der Waals surface area contributed by atoms with Crippen LogP contribution in [-0.4, -0.2) is 93.3 Å². The molecule has 2 aliphatic heterocycles. The number of aromatic nitrogens is 2. The molecule has 0 radical (unpaired) electrons. The molecule has 11 nitrogen and oxygen atoms in total. The summed E-state index contributed by atoms with van der Waals surface area (Å²) in [6, 6.07) is 4.96. The van der Waals surface area contributed by atoms with Crippen molar-refractivity contribution in [1.29, 1.82) is 0 Å². The number of aliphatic carboxylic acids is 1. The molecule has 226 valence electrons. The monoisotopic (exact) mass is 599 g/mol. The number of carboxylic acids is 1. The molecule has 3 amide bonds. The molecule has 0 spiro atoms. The fourth-order valence-corrected chi connectivity index (χ4v) is 6.33. The number of fused-ring (bicyclic) bond motifs is 1. The first-order valence-electron chi connectivity index (χ1n) is 14.7. The number of amides is 3. The van der Waals surface area contributed by atoms with Crippen molar-refractivity contribution in [3.63, 3.8) is 0 Å². The van der Waals surface area contributed by atoms with Crippen molar-refractivity contribution in [3.05, 3.63) is 42.1 Å². The number of nitrogens with one attached hydrogen (secondary N) is 1. The number of carboxylic acid groups (broad SMARTS) is 1. The lowest BCUT2D eigenvalue weighted by Gasteiger charge is -2.31. The maximum absolute atomic E-state index is 14.0. The number of carbonyl (C=O) groups excluding carboxylic acids is 2. The molecule has 2 aromatic rings. The molecule has 3 heterocycles. The number of rotatable bonds is 11. The number of unbranched alkanes of at least 4 members (excludes halogenated alkanes) is 1. The Kier molecular flexibility index (Phi) is 9.79. The summed E-state index contributed by atoms with van der Waals surface area (Å²) in [6.07, 6.45) is 7.22. The van der Waals surface area contributed by atoms with Crippen molar-refractivity contribution >= 4 is 40.5 Å². The van der Waals surface area contributed by atoms with Crippen LogP contribution in [0, 0.1) is 5.92 Å². The Balaban J connectivity index is 1.26. The Hall–Kier alpha value is -3.44. The van der Waals surface area contributed by atoms with Crippen molar-refractivity contribution in [2.45, 2.75) is 75.7 Å². The van der Waals surface area contributed by atoms with E-state index in [-0.39, 0.29) is 42.1 Å². The first-order chi connectivity index (χ1) is 20.3. The van der Waals surface area contributed by atoms with Gasteiger partial charge in [0.25, 0.3) is 5.88 Å². The molecule has 1 saturated carbocycles. The van der Waals surface area contributed by atoms with Crippen LogP contribution in [0.2, 0.25) is 5.15 Å². The van der Waals surface area contributed by atoms with Gasteiger partial charge in [0.1, 0.15) is 18.2 Å². The number of halogens is 1. The number of likely N-dealkylation sites (tertiary alicyclic amines) is 2. The van der Waals surface area contributed by atoms with Gasteiger partial charge in [0, 0.05) is 26.1 Å². The largest absolute Gasteiger partial charge is 0.480 e. The van der Waals surface area contributed by atoms with E-state index < -0.39 is 30.1 Å². The Bertz CT molecular complexity index is 1300. The standard InChI is InChI=1S/C30H38ClN5O6/c1-2-3-8-15-41-20-13-14-35(17-20)30(40)34-25(19-9-4-5-10-19)28(37)36-18-21(16-24(36)29(38)39)42-27-26(31)32-22-11-6-7-12-23(22)33-27/h2,6-7,11-12,19-21,24-25H,1,3-5,8-10,13-18H2,(H,34,40)(H,38,39)/t20-,21+,24-,25-/m0/s1. The molecule has 0 unspecified atom stereocenters. The van der Waals surface area contributed by atoms with Crippen LogP contribution in [0.3, 0.4) is 0 Å². The Morgan fingerprint density at radius 2 is 1.86 bits per heavy atom. The van der Waals surface area contributed by atoms with E-state index in [2.05, 4.69) is 21.9 Å². The Morgan fingerprint density at radius 3 is 2.57 bits per heavy atom. The highest BCUT2D eigenvalue weighted by molar-refractivity contribution is 6.31. The quantitative estimate of drug-likeness (QED) is 0.292. The zero-order chi connectivity index (χ0) is 29.6. The van der Waals surface area contributed by atoms with Gasteiger partial charge in [-0.15, -0.1) is 6.58 Å². The number of carbonyl (C=O) groups is 3. The maximum Gasteiger partial charge on any atom is 0.326 e. The lowest BCUT2D eigenvalue weighted by atomic mass is 9.96. The molecule has 2 saturated heterocycles. The molecule has 4 atom stereocenters. The first-order valence-corrected chi connectivity index (χ1v) is 15.1. The van der Waals surface area contributed by atoms with Crippen LogP contribution in [0.25, 0.3) is 11.0 Å². The second kappa shape index (κ2) is 13.7. The minimum absolute atomic E-state index is 0.0318. The summed E-state index contributed by atoms with van der Waals surface area (Å²) in [5, 5.41) is 13.1. The second-order valence-corrected chi connectivity index (χ2v) is 11.6. The molecule has 1 aromatic heterocycles. The number of ether oxygens (including phenoxy) is 2. The summed E-state index contributed by atoms with van der Waals surface area (Å²) < 4.78 is 11.9. The summed E-state index contributed by atoms with van der Waals surface area (Å²) in [5.41, 5.74) is 1.20. The predicted octanol–water partition coefficient (Wildman–Crippen LogP) is 4.04. The minimum atomic E-state index is -1.13. The summed E-state index contributed by atoms with van der Waals surface area (Å²) in [7, 11) is 0. The van der Waals surface area contributed by atoms with Gasteiger partial charge in [0.2, 0.25) is 5.91 Å². The number of urea groups is 1. The van der Waals surface area contributed by atoms with E-state index in [1.165, 1.54) is 4.90 Å². The van der Waals surface area contributed by atoms with Crippen LogP contribution in [0.5, 0.6) is 5.88 Å². The van der Waals surface area contributed by atoms with E-state index >= 15 is 0 Å². The SMILES string of the molecule is C=CCCCO[C@H]1CCN(C(=O)N[C@H](C(=O)N2C[C@H](Oc3nc4ccccc4nc3Cl)C[C@H]2C(=O)O)C2CCCC2)C1.